The van der Waals surface area contributed by atoms with Crippen LogP contribution in [0.15, 0.2) is 42.5 Å². The van der Waals surface area contributed by atoms with Crippen LogP contribution in [0, 0.1) is 5.92 Å². The molecule has 0 aromatic heterocycles. The Labute approximate surface area is 178 Å². The molecule has 11 heteroatoms. The van der Waals surface area contributed by atoms with Crippen LogP contribution in [0.25, 0.3) is 0 Å². The molecule has 0 bridgehead atoms. The average molecular weight is 467 g/mol. The molecule has 2 aromatic rings. The number of aliphatic hydroxyl groups is 1. The molecular weight excluding hydrogens is 450 g/mol. The molecule has 1 heterocycles. The molecule has 31 heavy (non-hydrogen) atoms. The van der Waals surface area contributed by atoms with Gasteiger partial charge in [-0.05, 0) is 48.9 Å². The van der Waals surface area contributed by atoms with Crippen LogP contribution in [0.5, 0.6) is 0 Å². The second kappa shape index (κ2) is 8.58. The molecule has 2 atom stereocenters. The zero-order valence-electron chi connectivity index (χ0n) is 15.8. The van der Waals surface area contributed by atoms with Crippen LogP contribution in [0.3, 0.4) is 0 Å². The van der Waals surface area contributed by atoms with Crippen LogP contribution >= 0.6 is 11.6 Å². The van der Waals surface area contributed by atoms with E-state index in [1.54, 1.807) is 29.2 Å². The first-order valence-electron chi connectivity index (χ1n) is 9.14. The van der Waals surface area contributed by atoms with Crippen molar-refractivity contribution in [1.29, 1.82) is 0 Å². The van der Waals surface area contributed by atoms with Crippen molar-refractivity contribution in [3.05, 3.63) is 64.2 Å². The fourth-order valence-electron chi connectivity index (χ4n) is 3.37. The number of amides is 1. The standard InChI is InChI=1S/C20H17ClF6N2O2/c21-15-1-3-16(4-2-15)29-6-5-11(18(29)31)10-28-17(30)12-7-13(19(22,23)24)9-14(8-12)20(25,26)27/h1-4,7-9,11,18,31H,5-6,10H2,(H,28,30). The summed E-state index contributed by atoms with van der Waals surface area (Å²) in [5, 5.41) is 13.3. The Balaban J connectivity index is 1.71. The van der Waals surface area contributed by atoms with Crippen molar-refractivity contribution in [2.45, 2.75) is 25.0 Å². The van der Waals surface area contributed by atoms with Crippen molar-refractivity contribution in [3.63, 3.8) is 0 Å². The number of nitrogens with one attached hydrogen (secondary N) is 1. The normalized spacial score (nSPS) is 19.5. The molecule has 4 nitrogen and oxygen atoms in total. The number of hydrogen-bond acceptors (Lipinski definition) is 3. The van der Waals surface area contributed by atoms with E-state index in [1.807, 2.05) is 0 Å². The number of rotatable bonds is 4. The fourth-order valence-corrected chi connectivity index (χ4v) is 3.50. The van der Waals surface area contributed by atoms with Gasteiger partial charge in [0.2, 0.25) is 0 Å². The number of anilines is 1. The minimum atomic E-state index is -5.04. The van der Waals surface area contributed by atoms with Gasteiger partial charge in [0.25, 0.3) is 5.91 Å². The summed E-state index contributed by atoms with van der Waals surface area (Å²) in [6.45, 7) is 0.326. The summed E-state index contributed by atoms with van der Waals surface area (Å²) >= 11 is 5.84. The van der Waals surface area contributed by atoms with Crippen molar-refractivity contribution >= 4 is 23.2 Å². The lowest BCUT2D eigenvalue weighted by Gasteiger charge is -2.25. The molecule has 1 amide bonds. The van der Waals surface area contributed by atoms with E-state index < -0.39 is 47.1 Å². The zero-order valence-corrected chi connectivity index (χ0v) is 16.5. The highest BCUT2D eigenvalue weighted by atomic mass is 35.5. The lowest BCUT2D eigenvalue weighted by atomic mass is 10.0. The second-order valence-corrected chi connectivity index (χ2v) is 7.57. The third kappa shape index (κ3) is 5.43. The van der Waals surface area contributed by atoms with Gasteiger partial charge < -0.3 is 15.3 Å². The number of nitrogens with zero attached hydrogens (tertiary/aromatic N) is 1. The van der Waals surface area contributed by atoms with Gasteiger partial charge in [0.05, 0.1) is 11.1 Å². The van der Waals surface area contributed by atoms with E-state index in [9.17, 15) is 36.2 Å². The molecule has 0 saturated carbocycles. The molecule has 0 spiro atoms. The molecular formula is C20H17ClF6N2O2. The summed E-state index contributed by atoms with van der Waals surface area (Å²) in [6, 6.07) is 7.39. The minimum Gasteiger partial charge on any atom is -0.373 e. The van der Waals surface area contributed by atoms with Crippen molar-refractivity contribution in [1.82, 2.24) is 5.32 Å². The maximum absolute atomic E-state index is 13.0. The fraction of sp³-hybridized carbons (Fsp3) is 0.350. The summed E-state index contributed by atoms with van der Waals surface area (Å²) in [5.74, 6) is -1.55. The molecule has 1 aliphatic rings. The Morgan fingerprint density at radius 1 is 1.03 bits per heavy atom. The first-order chi connectivity index (χ1) is 14.4. The monoisotopic (exact) mass is 466 g/mol. The van der Waals surface area contributed by atoms with Crippen LogP contribution in [-0.2, 0) is 12.4 Å². The van der Waals surface area contributed by atoms with Gasteiger partial charge in [0.15, 0.2) is 0 Å². The maximum Gasteiger partial charge on any atom is 0.416 e. The maximum atomic E-state index is 13.0. The number of alkyl halides is 6. The summed E-state index contributed by atoms with van der Waals surface area (Å²) < 4.78 is 77.8. The summed E-state index contributed by atoms with van der Waals surface area (Å²) in [4.78, 5) is 14.0. The van der Waals surface area contributed by atoms with Crippen LogP contribution in [0.4, 0.5) is 32.0 Å². The predicted octanol–water partition coefficient (Wildman–Crippen LogP) is 4.95. The molecule has 2 unspecified atom stereocenters. The molecule has 0 aliphatic carbocycles. The van der Waals surface area contributed by atoms with E-state index in [4.69, 9.17) is 11.6 Å². The number of halogens is 7. The van der Waals surface area contributed by atoms with Gasteiger partial charge in [-0.15, -0.1) is 0 Å². The number of aliphatic hydroxyl groups excluding tert-OH is 1. The average Bonchev–Trinajstić information content (AvgIpc) is 3.05. The zero-order chi connectivity index (χ0) is 23.0. The van der Waals surface area contributed by atoms with Gasteiger partial charge in [-0.1, -0.05) is 11.6 Å². The van der Waals surface area contributed by atoms with Gasteiger partial charge in [0.1, 0.15) is 6.23 Å². The molecule has 1 saturated heterocycles. The first kappa shape index (κ1) is 23.2. The topological polar surface area (TPSA) is 52.6 Å². The SMILES string of the molecule is O=C(NCC1CCN(c2ccc(Cl)cc2)C1O)c1cc(C(F)(F)F)cc(C(F)(F)F)c1. The minimum absolute atomic E-state index is 0.0402. The number of benzene rings is 2. The van der Waals surface area contributed by atoms with Crippen LogP contribution in [-0.4, -0.2) is 30.3 Å². The van der Waals surface area contributed by atoms with E-state index in [1.165, 1.54) is 0 Å². The summed E-state index contributed by atoms with van der Waals surface area (Å²) in [6.07, 6.45) is -10.6. The molecule has 0 radical (unpaired) electrons. The van der Waals surface area contributed by atoms with E-state index in [0.29, 0.717) is 35.8 Å². The van der Waals surface area contributed by atoms with Gasteiger partial charge in [-0.3, -0.25) is 4.79 Å². The van der Waals surface area contributed by atoms with E-state index in [2.05, 4.69) is 5.32 Å². The molecule has 2 N–H and O–H groups in total. The molecule has 1 fully saturated rings. The summed E-state index contributed by atoms with van der Waals surface area (Å²) in [5.41, 5.74) is -3.20. The van der Waals surface area contributed by atoms with E-state index >= 15 is 0 Å². The third-order valence-corrected chi connectivity index (χ3v) is 5.27. The van der Waals surface area contributed by atoms with Gasteiger partial charge >= 0.3 is 12.4 Å². The van der Waals surface area contributed by atoms with E-state index in [-0.39, 0.29) is 12.6 Å². The Morgan fingerprint density at radius 2 is 1.58 bits per heavy atom. The molecule has 1 aliphatic heterocycles. The van der Waals surface area contributed by atoms with Crippen molar-refractivity contribution in [2.24, 2.45) is 5.92 Å². The molecule has 3 rings (SSSR count). The highest BCUT2D eigenvalue weighted by Crippen LogP contribution is 2.36. The number of carbonyl (C=O) groups excluding carboxylic acids is 1. The van der Waals surface area contributed by atoms with Gasteiger partial charge in [0, 0.05) is 35.3 Å². The highest BCUT2D eigenvalue weighted by Gasteiger charge is 2.38. The molecule has 2 aromatic carbocycles. The van der Waals surface area contributed by atoms with Crippen LogP contribution < -0.4 is 10.2 Å². The summed E-state index contributed by atoms with van der Waals surface area (Å²) in [7, 11) is 0. The smallest absolute Gasteiger partial charge is 0.373 e. The third-order valence-electron chi connectivity index (χ3n) is 5.01. The first-order valence-corrected chi connectivity index (χ1v) is 9.52. The lowest BCUT2D eigenvalue weighted by Crippen LogP contribution is -2.38. The Kier molecular flexibility index (Phi) is 6.43. The highest BCUT2D eigenvalue weighted by molar-refractivity contribution is 6.30. The Hall–Kier alpha value is -2.46. The Bertz CT molecular complexity index is 914. The molecule has 168 valence electrons. The number of carbonyl (C=O) groups is 1. The van der Waals surface area contributed by atoms with Crippen molar-refractivity contribution in [2.75, 3.05) is 18.0 Å². The second-order valence-electron chi connectivity index (χ2n) is 7.14. The van der Waals surface area contributed by atoms with Crippen molar-refractivity contribution < 1.29 is 36.2 Å². The van der Waals surface area contributed by atoms with E-state index in [0.717, 1.165) is 0 Å². The quantitative estimate of drug-likeness (QED) is 0.627. The Morgan fingerprint density at radius 3 is 2.10 bits per heavy atom. The van der Waals surface area contributed by atoms with Crippen LogP contribution in [0.1, 0.15) is 27.9 Å². The lowest BCUT2D eigenvalue weighted by molar-refractivity contribution is -0.143. The largest absolute Gasteiger partial charge is 0.416 e. The van der Waals surface area contributed by atoms with Gasteiger partial charge in [-0.25, -0.2) is 0 Å². The van der Waals surface area contributed by atoms with Crippen molar-refractivity contribution in [3.8, 4) is 0 Å². The van der Waals surface area contributed by atoms with Gasteiger partial charge in [-0.2, -0.15) is 26.3 Å². The number of hydrogen-bond donors (Lipinski definition) is 2. The predicted molar refractivity (Wildman–Crippen MR) is 102 cm³/mol. The van der Waals surface area contributed by atoms with Crippen LogP contribution in [0.2, 0.25) is 5.02 Å².